The van der Waals surface area contributed by atoms with Gasteiger partial charge in [-0.1, -0.05) is 54.3 Å². The Morgan fingerprint density at radius 2 is 1.60 bits per heavy atom. The maximum atomic E-state index is 14.6. The number of benzene rings is 2. The molecule has 1 amide bonds. The highest BCUT2D eigenvalue weighted by atomic mass is 32.2. The second kappa shape index (κ2) is 12.7. The maximum Gasteiger partial charge on any atom is 0.296 e. The van der Waals surface area contributed by atoms with Gasteiger partial charge in [-0.15, -0.1) is 0 Å². The van der Waals surface area contributed by atoms with E-state index < -0.39 is 11.5 Å². The molecule has 0 radical (unpaired) electrons. The predicted octanol–water partition coefficient (Wildman–Crippen LogP) is 4.72. The third kappa shape index (κ3) is 5.37. The average Bonchev–Trinajstić information content (AvgIpc) is 3.46. The van der Waals surface area contributed by atoms with Crippen molar-refractivity contribution in [3.63, 3.8) is 0 Å². The number of hydrogen-bond acceptors (Lipinski definition) is 8. The van der Waals surface area contributed by atoms with Gasteiger partial charge in [0.1, 0.15) is 29.0 Å². The summed E-state index contributed by atoms with van der Waals surface area (Å²) in [7, 11) is 1.75. The van der Waals surface area contributed by atoms with Crippen molar-refractivity contribution in [1.82, 2.24) is 13.9 Å². The first-order valence-electron chi connectivity index (χ1n) is 15.1. The number of thiocarbonyl (C=S) groups is 1. The van der Waals surface area contributed by atoms with Gasteiger partial charge >= 0.3 is 0 Å². The lowest BCUT2D eigenvalue weighted by atomic mass is 10.0. The van der Waals surface area contributed by atoms with Crippen LogP contribution in [-0.4, -0.2) is 50.3 Å². The molecule has 47 heavy (non-hydrogen) atoms. The number of amides is 1. The van der Waals surface area contributed by atoms with E-state index in [2.05, 4.69) is 6.07 Å². The van der Waals surface area contributed by atoms with Gasteiger partial charge in [0.05, 0.1) is 22.0 Å². The summed E-state index contributed by atoms with van der Waals surface area (Å²) in [6.07, 6.45) is 1.67. The number of carbonyl (C=O) groups excluding carboxylic acids is 1. The number of pyridine rings is 1. The van der Waals surface area contributed by atoms with Crippen LogP contribution in [0.15, 0.2) is 69.1 Å². The number of carbonyl (C=O) groups is 1. The number of hydrogen-bond donors (Lipinski definition) is 0. The Labute approximate surface area is 280 Å². The van der Waals surface area contributed by atoms with E-state index in [9.17, 15) is 24.0 Å². The molecule has 2 aliphatic rings. The SMILES string of the molecule is CCn1c(N2CCN(c3ccccc3F)CC2)c(/C=C2\SC(=S)N(c3c(C)n(C)n(-c4ccccc4)c3=O)C2=O)c(C)c(C#N)c1=O. The molecule has 13 heteroatoms. The van der Waals surface area contributed by atoms with Gasteiger partial charge in [-0.05, 0) is 56.7 Å². The topological polar surface area (TPSA) is 99.5 Å². The van der Waals surface area contributed by atoms with Crippen molar-refractivity contribution >= 4 is 57.5 Å². The van der Waals surface area contributed by atoms with Crippen LogP contribution in [0.5, 0.6) is 0 Å². The molecule has 2 saturated heterocycles. The zero-order valence-corrected chi connectivity index (χ0v) is 28.0. The Balaban J connectivity index is 1.42. The van der Waals surface area contributed by atoms with Crippen LogP contribution in [0.25, 0.3) is 11.8 Å². The van der Waals surface area contributed by atoms with E-state index in [1.807, 2.05) is 47.1 Å². The number of aromatic nitrogens is 3. The maximum absolute atomic E-state index is 14.6. The number of para-hydroxylation sites is 2. The van der Waals surface area contributed by atoms with Gasteiger partial charge in [-0.25, -0.2) is 9.07 Å². The van der Waals surface area contributed by atoms with Gasteiger partial charge < -0.3 is 9.80 Å². The third-order valence-electron chi connectivity index (χ3n) is 8.75. The molecule has 6 rings (SSSR count). The summed E-state index contributed by atoms with van der Waals surface area (Å²) in [5.41, 5.74) is 2.09. The smallest absolute Gasteiger partial charge is 0.296 e. The average molecular weight is 670 g/mol. The number of nitriles is 1. The molecule has 4 aromatic rings. The molecule has 0 N–H and O–H groups in total. The molecular weight excluding hydrogens is 638 g/mol. The van der Waals surface area contributed by atoms with Crippen molar-refractivity contribution in [1.29, 1.82) is 5.26 Å². The monoisotopic (exact) mass is 669 g/mol. The minimum Gasteiger partial charge on any atom is -0.366 e. The quantitative estimate of drug-likeness (QED) is 0.215. The molecule has 0 bridgehead atoms. The fourth-order valence-corrected chi connectivity index (χ4v) is 7.50. The molecule has 2 aromatic carbocycles. The number of rotatable bonds is 6. The van der Waals surface area contributed by atoms with Crippen molar-refractivity contribution in [2.75, 3.05) is 40.9 Å². The highest BCUT2D eigenvalue weighted by Gasteiger charge is 2.38. The summed E-state index contributed by atoms with van der Waals surface area (Å²) >= 11 is 6.74. The van der Waals surface area contributed by atoms with Crippen molar-refractivity contribution in [2.45, 2.75) is 27.3 Å². The standard InChI is InChI=1S/C34H32FN7O3S2/c1-5-40-30(39-17-15-38(16-18-39)27-14-10-9-13-26(27)35)24(21(2)25(20-36)31(40)43)19-28-32(44)41(34(46)47-28)29-22(3)37(4)42(33(29)45)23-11-7-6-8-12-23/h6-14,19H,5,15-18H2,1-4H3/b28-19-. The molecule has 10 nitrogen and oxygen atoms in total. The first kappa shape index (κ1) is 32.0. The van der Waals surface area contributed by atoms with Gasteiger partial charge in [0, 0.05) is 45.3 Å². The number of anilines is 3. The highest BCUT2D eigenvalue weighted by Crippen LogP contribution is 2.39. The van der Waals surface area contributed by atoms with E-state index in [0.717, 1.165) is 11.8 Å². The van der Waals surface area contributed by atoms with Crippen molar-refractivity contribution < 1.29 is 9.18 Å². The Morgan fingerprint density at radius 3 is 2.23 bits per heavy atom. The zero-order valence-electron chi connectivity index (χ0n) is 26.4. The molecule has 2 aliphatic heterocycles. The van der Waals surface area contributed by atoms with Gasteiger partial charge in [-0.2, -0.15) is 5.26 Å². The van der Waals surface area contributed by atoms with Gasteiger partial charge in [0.25, 0.3) is 17.0 Å². The fraction of sp³-hybridized carbons (Fsp3) is 0.265. The molecule has 2 fully saturated rings. The summed E-state index contributed by atoms with van der Waals surface area (Å²) in [6, 6.07) is 17.8. The molecule has 0 saturated carbocycles. The lowest BCUT2D eigenvalue weighted by molar-refractivity contribution is -0.113. The van der Waals surface area contributed by atoms with Crippen LogP contribution < -0.4 is 25.8 Å². The van der Waals surface area contributed by atoms with Gasteiger partial charge in [0.2, 0.25) is 0 Å². The van der Waals surface area contributed by atoms with E-state index in [4.69, 9.17) is 12.2 Å². The number of piperazine rings is 1. The number of thioether (sulfide) groups is 1. The number of halogens is 1. The molecule has 2 aromatic heterocycles. The molecule has 4 heterocycles. The zero-order chi connectivity index (χ0) is 33.6. The van der Waals surface area contributed by atoms with Crippen LogP contribution >= 0.6 is 24.0 Å². The third-order valence-corrected chi connectivity index (χ3v) is 10.1. The first-order chi connectivity index (χ1) is 22.6. The molecule has 0 spiro atoms. The van der Waals surface area contributed by atoms with Crippen LogP contribution in [0.4, 0.5) is 21.6 Å². The summed E-state index contributed by atoms with van der Waals surface area (Å²) in [4.78, 5) is 46.9. The molecule has 0 unspecified atom stereocenters. The summed E-state index contributed by atoms with van der Waals surface area (Å²) in [5, 5.41) is 9.98. The summed E-state index contributed by atoms with van der Waals surface area (Å²) < 4.78 is 19.5. The van der Waals surface area contributed by atoms with E-state index >= 15 is 0 Å². The van der Waals surface area contributed by atoms with E-state index in [-0.39, 0.29) is 31.9 Å². The summed E-state index contributed by atoms with van der Waals surface area (Å²) in [6.45, 7) is 7.54. The predicted molar refractivity (Wildman–Crippen MR) is 188 cm³/mol. The van der Waals surface area contributed by atoms with Crippen LogP contribution in [0.3, 0.4) is 0 Å². The van der Waals surface area contributed by atoms with E-state index in [1.54, 1.807) is 54.4 Å². The highest BCUT2D eigenvalue weighted by molar-refractivity contribution is 8.27. The van der Waals surface area contributed by atoms with Crippen LogP contribution in [0.1, 0.15) is 29.3 Å². The second-order valence-corrected chi connectivity index (χ2v) is 12.9. The molecular formula is C34H32FN7O3S2. The summed E-state index contributed by atoms with van der Waals surface area (Å²) in [5.74, 6) is -0.184. The van der Waals surface area contributed by atoms with Crippen molar-refractivity contribution in [2.24, 2.45) is 7.05 Å². The minimum absolute atomic E-state index is 0.00743. The Hall–Kier alpha value is -4.93. The fourth-order valence-electron chi connectivity index (χ4n) is 6.25. The molecule has 240 valence electrons. The van der Waals surface area contributed by atoms with Gasteiger partial charge in [0.15, 0.2) is 4.32 Å². The second-order valence-electron chi connectivity index (χ2n) is 11.3. The van der Waals surface area contributed by atoms with E-state index in [1.165, 1.54) is 15.6 Å². The van der Waals surface area contributed by atoms with E-state index in [0.29, 0.717) is 66.7 Å². The van der Waals surface area contributed by atoms with Crippen LogP contribution in [0.2, 0.25) is 0 Å². The lowest BCUT2D eigenvalue weighted by Gasteiger charge is -2.39. The Morgan fingerprint density at radius 1 is 0.957 bits per heavy atom. The first-order valence-corrected chi connectivity index (χ1v) is 16.3. The molecule has 0 aliphatic carbocycles. The van der Waals surface area contributed by atoms with Crippen LogP contribution in [0, 0.1) is 31.0 Å². The van der Waals surface area contributed by atoms with Gasteiger partial charge in [-0.3, -0.25) is 28.5 Å². The minimum atomic E-state index is -0.464. The Kier molecular flexibility index (Phi) is 8.65. The van der Waals surface area contributed by atoms with Crippen LogP contribution in [-0.2, 0) is 18.4 Å². The normalized spacial score (nSPS) is 16.0. The van der Waals surface area contributed by atoms with Crippen molar-refractivity contribution in [3.05, 3.63) is 108 Å². The largest absolute Gasteiger partial charge is 0.366 e. The molecule has 0 atom stereocenters. The Bertz CT molecular complexity index is 2120. The van der Waals surface area contributed by atoms with Crippen molar-refractivity contribution in [3.8, 4) is 11.8 Å². The lowest BCUT2D eigenvalue weighted by Crippen LogP contribution is -2.49. The number of nitrogens with zero attached hydrogens (tertiary/aromatic N) is 7.